The predicted octanol–water partition coefficient (Wildman–Crippen LogP) is 0.428. The first-order chi connectivity index (χ1) is 8.27. The SMILES string of the molecule is O=C(O)[C@@H]1C=CC2=c3ccccc3=CC=CN21. The van der Waals surface area contributed by atoms with Crippen LogP contribution in [0.25, 0.3) is 11.8 Å². The van der Waals surface area contributed by atoms with Crippen LogP contribution in [-0.2, 0) is 4.79 Å². The molecule has 0 aromatic heterocycles. The van der Waals surface area contributed by atoms with Crippen molar-refractivity contribution >= 4 is 17.7 Å². The summed E-state index contributed by atoms with van der Waals surface area (Å²) in [7, 11) is 0. The van der Waals surface area contributed by atoms with Gasteiger partial charge in [0.1, 0.15) is 6.04 Å². The number of nitrogens with zero attached hydrogens (tertiary/aromatic N) is 1. The Kier molecular flexibility index (Phi) is 2.11. The van der Waals surface area contributed by atoms with E-state index in [9.17, 15) is 4.79 Å². The fourth-order valence-electron chi connectivity index (χ4n) is 2.23. The third kappa shape index (κ3) is 1.47. The van der Waals surface area contributed by atoms with E-state index in [2.05, 4.69) is 0 Å². The van der Waals surface area contributed by atoms with Gasteiger partial charge in [0.2, 0.25) is 0 Å². The Morgan fingerprint density at radius 3 is 2.94 bits per heavy atom. The fraction of sp³-hybridized carbons (Fsp3) is 0.0714. The molecule has 2 heterocycles. The Balaban J connectivity index is 2.28. The summed E-state index contributed by atoms with van der Waals surface area (Å²) >= 11 is 0. The number of rotatable bonds is 1. The molecule has 0 saturated heterocycles. The highest BCUT2D eigenvalue weighted by Crippen LogP contribution is 2.21. The lowest BCUT2D eigenvalue weighted by Gasteiger charge is -2.20. The van der Waals surface area contributed by atoms with Gasteiger partial charge in [-0.3, -0.25) is 0 Å². The molecule has 0 radical (unpaired) electrons. The van der Waals surface area contributed by atoms with E-state index in [4.69, 9.17) is 5.11 Å². The Hall–Kier alpha value is -2.29. The number of allylic oxidation sites excluding steroid dienone is 1. The van der Waals surface area contributed by atoms with E-state index >= 15 is 0 Å². The van der Waals surface area contributed by atoms with Crippen molar-refractivity contribution < 1.29 is 9.90 Å². The van der Waals surface area contributed by atoms with E-state index in [0.717, 1.165) is 16.1 Å². The van der Waals surface area contributed by atoms with Crippen molar-refractivity contribution in [2.45, 2.75) is 6.04 Å². The van der Waals surface area contributed by atoms with Crippen molar-refractivity contribution in [1.82, 2.24) is 4.90 Å². The fourth-order valence-corrected chi connectivity index (χ4v) is 2.23. The second-order valence-corrected chi connectivity index (χ2v) is 4.03. The van der Waals surface area contributed by atoms with Crippen LogP contribution in [0.1, 0.15) is 0 Å². The summed E-state index contributed by atoms with van der Waals surface area (Å²) in [4.78, 5) is 12.9. The van der Waals surface area contributed by atoms with Crippen LogP contribution < -0.4 is 10.4 Å². The summed E-state index contributed by atoms with van der Waals surface area (Å²) in [6.45, 7) is 0. The van der Waals surface area contributed by atoms with Crippen LogP contribution in [0.3, 0.4) is 0 Å². The number of benzene rings is 1. The van der Waals surface area contributed by atoms with Gasteiger partial charge in [0, 0.05) is 17.1 Å². The van der Waals surface area contributed by atoms with Gasteiger partial charge in [-0.05, 0) is 23.4 Å². The van der Waals surface area contributed by atoms with Gasteiger partial charge in [0.25, 0.3) is 0 Å². The largest absolute Gasteiger partial charge is 0.479 e. The van der Waals surface area contributed by atoms with Gasteiger partial charge >= 0.3 is 5.97 Å². The number of hydrogen-bond acceptors (Lipinski definition) is 2. The molecule has 0 fully saturated rings. The van der Waals surface area contributed by atoms with Gasteiger partial charge in [-0.1, -0.05) is 30.3 Å². The molecule has 3 heteroatoms. The van der Waals surface area contributed by atoms with Crippen molar-refractivity contribution in [2.75, 3.05) is 0 Å². The van der Waals surface area contributed by atoms with Crippen molar-refractivity contribution in [2.24, 2.45) is 0 Å². The molecule has 0 amide bonds. The molecular weight excluding hydrogens is 214 g/mol. The normalized spacial score (nSPS) is 20.6. The van der Waals surface area contributed by atoms with Crippen molar-refractivity contribution in [1.29, 1.82) is 0 Å². The number of carboxylic acids is 1. The Morgan fingerprint density at radius 1 is 1.29 bits per heavy atom. The van der Waals surface area contributed by atoms with Crippen LogP contribution in [0.4, 0.5) is 0 Å². The van der Waals surface area contributed by atoms with E-state index in [1.807, 2.05) is 48.7 Å². The van der Waals surface area contributed by atoms with E-state index in [-0.39, 0.29) is 0 Å². The zero-order valence-corrected chi connectivity index (χ0v) is 9.08. The third-order valence-electron chi connectivity index (χ3n) is 3.03. The molecule has 0 unspecified atom stereocenters. The van der Waals surface area contributed by atoms with Crippen molar-refractivity contribution in [3.8, 4) is 0 Å². The molecule has 1 aromatic rings. The lowest BCUT2D eigenvalue weighted by Crippen LogP contribution is -2.35. The molecular formula is C14H11NO2. The van der Waals surface area contributed by atoms with Crippen LogP contribution in [0.2, 0.25) is 0 Å². The third-order valence-corrected chi connectivity index (χ3v) is 3.03. The zero-order chi connectivity index (χ0) is 11.8. The van der Waals surface area contributed by atoms with Gasteiger partial charge in [0.15, 0.2) is 0 Å². The standard InChI is InChI=1S/C14H11NO2/c16-14(17)13-8-7-12-11-6-2-1-4-10(11)5-3-9-15(12)13/h1-9,13H,(H,16,17)/t13-/m0/s1. The van der Waals surface area contributed by atoms with Crippen LogP contribution in [0.5, 0.6) is 0 Å². The maximum absolute atomic E-state index is 11.1. The molecule has 1 aromatic carbocycles. The van der Waals surface area contributed by atoms with E-state index in [1.165, 1.54) is 0 Å². The number of carbonyl (C=O) groups is 1. The first-order valence-electron chi connectivity index (χ1n) is 5.44. The first-order valence-corrected chi connectivity index (χ1v) is 5.44. The molecule has 0 aliphatic carbocycles. The second-order valence-electron chi connectivity index (χ2n) is 4.03. The minimum atomic E-state index is -0.833. The summed E-state index contributed by atoms with van der Waals surface area (Å²) < 4.78 is 0. The van der Waals surface area contributed by atoms with E-state index in [1.54, 1.807) is 11.0 Å². The van der Waals surface area contributed by atoms with Crippen LogP contribution in [0.15, 0.2) is 48.7 Å². The number of carboxylic acid groups (broad SMARTS) is 1. The zero-order valence-electron chi connectivity index (χ0n) is 9.08. The Bertz CT molecular complexity index is 655. The summed E-state index contributed by atoms with van der Waals surface area (Å²) in [5, 5.41) is 11.3. The molecule has 2 aliphatic rings. The molecule has 2 aliphatic heterocycles. The average Bonchev–Trinajstić information content (AvgIpc) is 2.66. The van der Waals surface area contributed by atoms with Gasteiger partial charge in [-0.25, -0.2) is 4.79 Å². The van der Waals surface area contributed by atoms with Crippen LogP contribution in [0, 0.1) is 0 Å². The molecule has 3 nitrogen and oxygen atoms in total. The summed E-state index contributed by atoms with van der Waals surface area (Å²) in [5.74, 6) is -0.833. The monoisotopic (exact) mass is 225 g/mol. The topological polar surface area (TPSA) is 40.5 Å². The summed E-state index contributed by atoms with van der Waals surface area (Å²) in [6.07, 6.45) is 9.28. The second kappa shape index (κ2) is 3.63. The summed E-state index contributed by atoms with van der Waals surface area (Å²) in [5.41, 5.74) is 0.943. The van der Waals surface area contributed by atoms with Gasteiger partial charge < -0.3 is 10.0 Å². The minimum Gasteiger partial charge on any atom is -0.479 e. The molecule has 1 atom stereocenters. The number of fused-ring (bicyclic) bond motifs is 2. The smallest absolute Gasteiger partial charge is 0.330 e. The van der Waals surface area contributed by atoms with Gasteiger partial charge in [-0.15, -0.1) is 0 Å². The number of aliphatic carboxylic acids is 1. The Morgan fingerprint density at radius 2 is 2.12 bits per heavy atom. The van der Waals surface area contributed by atoms with Crippen molar-refractivity contribution in [3.05, 3.63) is 59.1 Å². The highest BCUT2D eigenvalue weighted by molar-refractivity contribution is 5.82. The number of hydrogen-bond donors (Lipinski definition) is 1. The van der Waals surface area contributed by atoms with E-state index < -0.39 is 12.0 Å². The van der Waals surface area contributed by atoms with Crippen molar-refractivity contribution in [3.63, 3.8) is 0 Å². The van der Waals surface area contributed by atoms with Crippen LogP contribution >= 0.6 is 0 Å². The highest BCUT2D eigenvalue weighted by atomic mass is 16.4. The molecule has 17 heavy (non-hydrogen) atoms. The molecule has 1 N–H and O–H groups in total. The molecule has 0 saturated carbocycles. The van der Waals surface area contributed by atoms with Gasteiger partial charge in [-0.2, -0.15) is 0 Å². The van der Waals surface area contributed by atoms with E-state index in [0.29, 0.717) is 0 Å². The molecule has 0 spiro atoms. The lowest BCUT2D eigenvalue weighted by atomic mass is 10.2. The average molecular weight is 225 g/mol. The minimum absolute atomic E-state index is 0.596. The lowest BCUT2D eigenvalue weighted by molar-refractivity contribution is -0.139. The van der Waals surface area contributed by atoms with Gasteiger partial charge in [0.05, 0.1) is 0 Å². The van der Waals surface area contributed by atoms with Crippen LogP contribution in [-0.4, -0.2) is 22.0 Å². The first kappa shape index (κ1) is 9.90. The predicted molar refractivity (Wildman–Crippen MR) is 65.1 cm³/mol. The highest BCUT2D eigenvalue weighted by Gasteiger charge is 2.27. The summed E-state index contributed by atoms with van der Waals surface area (Å²) in [6, 6.07) is 7.38. The molecule has 0 bridgehead atoms. The Labute approximate surface area is 98.3 Å². The maximum atomic E-state index is 11.1. The maximum Gasteiger partial charge on any atom is 0.330 e. The molecule has 3 rings (SSSR count). The quantitative estimate of drug-likeness (QED) is 0.753. The molecule has 84 valence electrons.